The minimum absolute atomic E-state index is 0.0904. The summed E-state index contributed by atoms with van der Waals surface area (Å²) >= 11 is 0. The first-order valence-electron chi connectivity index (χ1n) is 8.23. The first-order valence-corrected chi connectivity index (χ1v) is 9.78. The summed E-state index contributed by atoms with van der Waals surface area (Å²) in [6.45, 7) is 0.435. The van der Waals surface area contributed by atoms with Crippen molar-refractivity contribution >= 4 is 32.8 Å². The lowest BCUT2D eigenvalue weighted by atomic mass is 10.2. The van der Waals surface area contributed by atoms with Gasteiger partial charge in [-0.05, 0) is 18.9 Å². The maximum atomic E-state index is 12.3. The molecule has 3 heterocycles. The van der Waals surface area contributed by atoms with Gasteiger partial charge in [-0.1, -0.05) is 0 Å². The van der Waals surface area contributed by atoms with Gasteiger partial charge in [0.2, 0.25) is 15.9 Å². The minimum atomic E-state index is -3.83. The molecule has 0 unspecified atom stereocenters. The van der Waals surface area contributed by atoms with Crippen molar-refractivity contribution in [2.75, 3.05) is 11.9 Å². The van der Waals surface area contributed by atoms with Gasteiger partial charge in [-0.15, -0.1) is 0 Å². The highest BCUT2D eigenvalue weighted by Gasteiger charge is 2.44. The first kappa shape index (κ1) is 17.4. The third-order valence-electron chi connectivity index (χ3n) is 4.45. The summed E-state index contributed by atoms with van der Waals surface area (Å²) in [6.07, 6.45) is 7.30. The quantitative estimate of drug-likeness (QED) is 0.425. The molecule has 0 saturated heterocycles. The van der Waals surface area contributed by atoms with Gasteiger partial charge in [0.05, 0.1) is 17.1 Å². The Morgan fingerprint density at radius 3 is 2.89 bits per heavy atom. The molecule has 5 N–H and O–H groups in total. The number of anilines is 1. The van der Waals surface area contributed by atoms with Crippen molar-refractivity contribution in [2.45, 2.75) is 29.8 Å². The predicted molar refractivity (Wildman–Crippen MR) is 96.1 cm³/mol. The topological polar surface area (TPSA) is 161 Å². The van der Waals surface area contributed by atoms with Crippen LogP contribution in [0.2, 0.25) is 0 Å². The van der Waals surface area contributed by atoms with Gasteiger partial charge < -0.3 is 15.6 Å². The zero-order chi connectivity index (χ0) is 19.1. The number of aromatic amines is 1. The van der Waals surface area contributed by atoms with Crippen LogP contribution >= 0.6 is 0 Å². The van der Waals surface area contributed by atoms with Gasteiger partial charge in [0.1, 0.15) is 29.2 Å². The van der Waals surface area contributed by atoms with Gasteiger partial charge in [-0.25, -0.2) is 23.5 Å². The van der Waals surface area contributed by atoms with Crippen LogP contribution in [0.3, 0.4) is 0 Å². The molecule has 3 aromatic rings. The summed E-state index contributed by atoms with van der Waals surface area (Å²) < 4.78 is 23.8. The number of aromatic nitrogens is 5. The number of H-pyrrole nitrogens is 1. The van der Waals surface area contributed by atoms with Gasteiger partial charge in [0, 0.05) is 18.9 Å². The highest BCUT2D eigenvalue weighted by molar-refractivity contribution is 7.89. The van der Waals surface area contributed by atoms with Crippen LogP contribution in [0.4, 0.5) is 5.82 Å². The Balaban J connectivity index is 1.37. The Labute approximate surface area is 154 Å². The first-order chi connectivity index (χ1) is 12.8. The average Bonchev–Trinajstić information content (AvgIpc) is 3.00. The van der Waals surface area contributed by atoms with Crippen LogP contribution in [0, 0.1) is 0 Å². The second kappa shape index (κ2) is 6.32. The summed E-state index contributed by atoms with van der Waals surface area (Å²) in [4.78, 5) is 23.6. The van der Waals surface area contributed by atoms with Crippen molar-refractivity contribution in [2.24, 2.45) is 5.14 Å². The maximum Gasteiger partial charge on any atom is 0.242 e. The fourth-order valence-corrected chi connectivity index (χ4v) is 3.29. The molecule has 0 radical (unpaired) electrons. The molecule has 11 nitrogen and oxygen atoms in total. The molecule has 0 bridgehead atoms. The zero-order valence-electron chi connectivity index (χ0n) is 14.2. The molecule has 4 rings (SSSR count). The van der Waals surface area contributed by atoms with Gasteiger partial charge in [0.25, 0.3) is 0 Å². The lowest BCUT2D eigenvalue weighted by molar-refractivity contribution is -0.122. The second-order valence-electron chi connectivity index (χ2n) is 6.56. The van der Waals surface area contributed by atoms with Crippen LogP contribution in [0.15, 0.2) is 35.9 Å². The van der Waals surface area contributed by atoms with E-state index in [0.717, 1.165) is 30.1 Å². The smallest absolute Gasteiger partial charge is 0.242 e. The molecule has 0 spiro atoms. The largest absolute Gasteiger partial charge is 0.367 e. The molecule has 27 heavy (non-hydrogen) atoms. The minimum Gasteiger partial charge on any atom is -0.367 e. The van der Waals surface area contributed by atoms with Crippen molar-refractivity contribution < 1.29 is 13.2 Å². The molecule has 12 heteroatoms. The maximum absolute atomic E-state index is 12.3. The monoisotopic (exact) mass is 390 g/mol. The molecule has 1 fully saturated rings. The van der Waals surface area contributed by atoms with E-state index in [1.54, 1.807) is 6.20 Å². The molecule has 142 valence electrons. The van der Waals surface area contributed by atoms with Crippen LogP contribution in [-0.4, -0.2) is 51.1 Å². The van der Waals surface area contributed by atoms with E-state index in [9.17, 15) is 13.2 Å². The van der Waals surface area contributed by atoms with Crippen molar-refractivity contribution in [3.63, 3.8) is 0 Å². The normalized spacial score (nSPS) is 15.6. The summed E-state index contributed by atoms with van der Waals surface area (Å²) in [5.41, 5.74) is 0.395. The molecule has 1 amide bonds. The molecule has 0 aromatic carbocycles. The fourth-order valence-electron chi connectivity index (χ4n) is 2.82. The highest BCUT2D eigenvalue weighted by Crippen LogP contribution is 2.35. The highest BCUT2D eigenvalue weighted by atomic mass is 32.2. The summed E-state index contributed by atoms with van der Waals surface area (Å²) in [7, 11) is -3.83. The molecule has 1 saturated carbocycles. The number of sulfonamides is 1. The Hall–Kier alpha value is -2.99. The van der Waals surface area contributed by atoms with E-state index in [1.807, 2.05) is 6.07 Å². The van der Waals surface area contributed by atoms with E-state index in [0.29, 0.717) is 12.4 Å². The van der Waals surface area contributed by atoms with Crippen LogP contribution < -0.4 is 15.8 Å². The van der Waals surface area contributed by atoms with E-state index in [-0.39, 0.29) is 22.9 Å². The molecule has 0 atom stereocenters. The van der Waals surface area contributed by atoms with Crippen LogP contribution in [0.1, 0.15) is 12.8 Å². The van der Waals surface area contributed by atoms with Gasteiger partial charge in [-0.3, -0.25) is 9.48 Å². The SMILES string of the molecule is NS(=O)(=O)c1cnn(CC(=O)NC2(CNc3ncnc4[nH]ccc34)CC2)c1. The molecule has 1 aliphatic rings. The number of nitrogens with one attached hydrogen (secondary N) is 3. The molecule has 0 aliphatic heterocycles. The molecule has 1 aliphatic carbocycles. The summed E-state index contributed by atoms with van der Waals surface area (Å²) in [5, 5.41) is 16.0. The Morgan fingerprint density at radius 2 is 2.19 bits per heavy atom. The molecular formula is C15H18N8O3S. The number of rotatable bonds is 7. The fraction of sp³-hybridized carbons (Fsp3) is 0.333. The summed E-state index contributed by atoms with van der Waals surface area (Å²) in [6, 6.07) is 1.89. The van der Waals surface area contributed by atoms with E-state index < -0.39 is 10.0 Å². The van der Waals surface area contributed by atoms with E-state index in [2.05, 4.69) is 30.7 Å². The third-order valence-corrected chi connectivity index (χ3v) is 5.32. The van der Waals surface area contributed by atoms with Crippen molar-refractivity contribution in [1.82, 2.24) is 30.0 Å². The zero-order valence-corrected chi connectivity index (χ0v) is 15.0. The van der Waals surface area contributed by atoms with E-state index in [1.165, 1.54) is 17.2 Å². The number of carbonyl (C=O) groups excluding carboxylic acids is 1. The second-order valence-corrected chi connectivity index (χ2v) is 8.12. The number of fused-ring (bicyclic) bond motifs is 1. The number of hydrogen-bond donors (Lipinski definition) is 4. The number of primary sulfonamides is 1. The molecule has 3 aromatic heterocycles. The van der Waals surface area contributed by atoms with E-state index in [4.69, 9.17) is 5.14 Å². The van der Waals surface area contributed by atoms with Crippen molar-refractivity contribution in [3.05, 3.63) is 31.0 Å². The molecular weight excluding hydrogens is 372 g/mol. The van der Waals surface area contributed by atoms with Crippen molar-refractivity contribution in [1.29, 1.82) is 0 Å². The number of nitrogens with two attached hydrogens (primary N) is 1. The number of hydrogen-bond acceptors (Lipinski definition) is 7. The standard InChI is InChI=1S/C15H18N8O3S/c16-27(25,26)10-5-21-23(6-10)7-12(24)22-15(2-3-15)8-18-14-11-1-4-17-13(11)19-9-20-14/h1,4-6,9H,2-3,7-8H2,(H,22,24)(H2,16,25,26)(H2,17,18,19,20). The number of nitrogens with zero attached hydrogens (tertiary/aromatic N) is 4. The van der Waals surface area contributed by atoms with Crippen LogP contribution in [0.25, 0.3) is 11.0 Å². The third kappa shape index (κ3) is 3.75. The Kier molecular flexibility index (Phi) is 4.08. The number of carbonyl (C=O) groups is 1. The lowest BCUT2D eigenvalue weighted by Crippen LogP contribution is -2.43. The van der Waals surface area contributed by atoms with Gasteiger partial charge in [0.15, 0.2) is 0 Å². The van der Waals surface area contributed by atoms with Gasteiger partial charge in [-0.2, -0.15) is 5.10 Å². The van der Waals surface area contributed by atoms with Crippen LogP contribution in [0.5, 0.6) is 0 Å². The predicted octanol–water partition coefficient (Wildman–Crippen LogP) is -0.437. The lowest BCUT2D eigenvalue weighted by Gasteiger charge is -2.18. The van der Waals surface area contributed by atoms with Crippen LogP contribution in [-0.2, 0) is 21.4 Å². The summed E-state index contributed by atoms with van der Waals surface area (Å²) in [5.74, 6) is 0.444. The average molecular weight is 390 g/mol. The van der Waals surface area contributed by atoms with Gasteiger partial charge >= 0.3 is 0 Å². The van der Waals surface area contributed by atoms with Crippen molar-refractivity contribution in [3.8, 4) is 0 Å². The Bertz CT molecular complexity index is 1100. The number of amides is 1. The Morgan fingerprint density at radius 1 is 1.37 bits per heavy atom. The van der Waals surface area contributed by atoms with E-state index >= 15 is 0 Å².